The first-order valence-electron chi connectivity index (χ1n) is 13.9. The zero-order chi connectivity index (χ0) is 31.2. The number of benzene rings is 4. The Morgan fingerprint density at radius 3 is 1.57 bits per heavy atom. The van der Waals surface area contributed by atoms with Gasteiger partial charge in [0.2, 0.25) is 0 Å². The third-order valence-corrected chi connectivity index (χ3v) is 7.36. The standard InChI is InChI=1S/C35H25Cl2N3O5.Na.H/c36-26-9-1-22-3-11-28(39-32(22)17-26)20-43-30-13-5-24(6-14-30)35(45-38-19-34(41)42)25-7-15-31(16-8-25)44-21-29-12-4-23-2-10-27(37)18-33(23)40-29;;/h1-19,35H,20-21H2,(H,41,42);;. The third-order valence-electron chi connectivity index (χ3n) is 6.89. The van der Waals surface area contributed by atoms with Crippen LogP contribution in [-0.2, 0) is 22.8 Å². The average molecular weight is 663 g/mol. The number of rotatable bonds is 11. The Balaban J connectivity index is 0.00000417. The first kappa shape index (κ1) is 33.2. The van der Waals surface area contributed by atoms with E-state index in [9.17, 15) is 4.79 Å². The number of carboxylic acid groups (broad SMARTS) is 1. The summed E-state index contributed by atoms with van der Waals surface area (Å²) in [6.45, 7) is 0.545. The number of aliphatic carboxylic acids is 1. The summed E-state index contributed by atoms with van der Waals surface area (Å²) in [5.74, 6) is 0.0519. The molecule has 0 amide bonds. The average Bonchev–Trinajstić information content (AvgIpc) is 3.05. The maximum atomic E-state index is 11.0. The summed E-state index contributed by atoms with van der Waals surface area (Å²) in [5.41, 5.74) is 4.62. The second kappa shape index (κ2) is 15.4. The number of halogens is 2. The molecule has 2 heterocycles. The predicted octanol–water partition coefficient (Wildman–Crippen LogP) is 7.78. The molecule has 0 fully saturated rings. The summed E-state index contributed by atoms with van der Waals surface area (Å²) in [7, 11) is 0. The van der Waals surface area contributed by atoms with Crippen LogP contribution < -0.4 is 9.47 Å². The molecule has 2 aromatic heterocycles. The van der Waals surface area contributed by atoms with Gasteiger partial charge >= 0.3 is 35.5 Å². The van der Waals surface area contributed by atoms with E-state index in [1.165, 1.54) is 0 Å². The molecular weight excluding hydrogens is 636 g/mol. The van der Waals surface area contributed by atoms with Gasteiger partial charge in [-0.1, -0.05) is 76.9 Å². The van der Waals surface area contributed by atoms with Crippen molar-refractivity contribution in [3.63, 3.8) is 0 Å². The fraction of sp³-hybridized carbons (Fsp3) is 0.0857. The second-order valence-electron chi connectivity index (χ2n) is 10.1. The Morgan fingerprint density at radius 1 is 0.696 bits per heavy atom. The van der Waals surface area contributed by atoms with E-state index in [1.807, 2.05) is 109 Å². The van der Waals surface area contributed by atoms with Gasteiger partial charge in [0.25, 0.3) is 0 Å². The van der Waals surface area contributed by atoms with Crippen molar-refractivity contribution in [2.45, 2.75) is 19.3 Å². The van der Waals surface area contributed by atoms with Crippen molar-refractivity contribution in [1.82, 2.24) is 9.97 Å². The van der Waals surface area contributed by atoms with Gasteiger partial charge in [-0.3, -0.25) is 0 Å². The second-order valence-corrected chi connectivity index (χ2v) is 10.9. The quantitative estimate of drug-likeness (QED) is 0.0859. The topological polar surface area (TPSA) is 103 Å². The van der Waals surface area contributed by atoms with Crippen LogP contribution in [0.4, 0.5) is 0 Å². The number of oxime groups is 1. The number of hydrogen-bond donors (Lipinski definition) is 1. The summed E-state index contributed by atoms with van der Waals surface area (Å²) in [4.78, 5) is 25.9. The molecule has 11 heteroatoms. The van der Waals surface area contributed by atoms with E-state index < -0.39 is 12.1 Å². The molecule has 0 saturated carbocycles. The van der Waals surface area contributed by atoms with E-state index in [0.717, 1.165) is 44.3 Å². The zero-order valence-electron chi connectivity index (χ0n) is 23.6. The molecule has 0 bridgehead atoms. The molecule has 1 N–H and O–H groups in total. The molecule has 6 rings (SSSR count). The molecular formula is C35H26Cl2N3NaO5. The van der Waals surface area contributed by atoms with Crippen molar-refractivity contribution in [1.29, 1.82) is 0 Å². The molecule has 0 aliphatic rings. The minimum atomic E-state index is -1.21. The van der Waals surface area contributed by atoms with Gasteiger partial charge in [-0.25, -0.2) is 14.8 Å². The van der Waals surface area contributed by atoms with Crippen LogP contribution in [0.1, 0.15) is 28.6 Å². The summed E-state index contributed by atoms with van der Waals surface area (Å²) in [6, 6.07) is 33.5. The Labute approximate surface area is 296 Å². The SMILES string of the molecule is O=C(O)C=NOC(c1ccc(OCc2ccc3ccc(Cl)cc3n2)cc1)c1ccc(OCc2ccc3ccc(Cl)cc3n2)cc1.[NaH]. The summed E-state index contributed by atoms with van der Waals surface area (Å²) < 4.78 is 11.9. The summed E-state index contributed by atoms with van der Waals surface area (Å²) in [5, 5.41) is 15.9. The molecule has 6 aromatic rings. The molecule has 0 aliphatic heterocycles. The normalized spacial score (nSPS) is 11.1. The first-order valence-corrected chi connectivity index (χ1v) is 14.6. The van der Waals surface area contributed by atoms with Crippen LogP contribution in [0, 0.1) is 0 Å². The number of carbonyl (C=O) groups is 1. The van der Waals surface area contributed by atoms with Crippen LogP contribution in [0.5, 0.6) is 11.5 Å². The zero-order valence-corrected chi connectivity index (χ0v) is 25.2. The van der Waals surface area contributed by atoms with Crippen molar-refractivity contribution in [3.05, 3.63) is 142 Å². The predicted molar refractivity (Wildman–Crippen MR) is 181 cm³/mol. The minimum absolute atomic E-state index is 0. The number of pyridine rings is 2. The summed E-state index contributed by atoms with van der Waals surface area (Å²) >= 11 is 12.2. The fourth-order valence-electron chi connectivity index (χ4n) is 4.67. The van der Waals surface area contributed by atoms with E-state index in [-0.39, 0.29) is 42.8 Å². The van der Waals surface area contributed by atoms with Crippen LogP contribution in [0.3, 0.4) is 0 Å². The Bertz CT molecular complexity index is 1870. The van der Waals surface area contributed by atoms with Gasteiger partial charge in [-0.2, -0.15) is 0 Å². The first-order chi connectivity index (χ1) is 21.9. The van der Waals surface area contributed by atoms with Gasteiger partial charge in [0, 0.05) is 20.8 Å². The molecule has 226 valence electrons. The molecule has 4 aromatic carbocycles. The van der Waals surface area contributed by atoms with Gasteiger partial charge < -0.3 is 19.4 Å². The molecule has 0 unspecified atom stereocenters. The van der Waals surface area contributed by atoms with E-state index in [2.05, 4.69) is 15.1 Å². The van der Waals surface area contributed by atoms with Crippen LogP contribution in [-0.4, -0.2) is 56.8 Å². The van der Waals surface area contributed by atoms with Crippen LogP contribution in [0.25, 0.3) is 21.8 Å². The van der Waals surface area contributed by atoms with Gasteiger partial charge in [-0.05, 0) is 71.8 Å². The Kier molecular flexibility index (Phi) is 11.1. The van der Waals surface area contributed by atoms with E-state index in [0.29, 0.717) is 27.8 Å². The van der Waals surface area contributed by atoms with E-state index >= 15 is 0 Å². The number of nitrogens with zero attached hydrogens (tertiary/aromatic N) is 3. The molecule has 0 aliphatic carbocycles. The molecule has 0 radical (unpaired) electrons. The maximum absolute atomic E-state index is 11.0. The number of aromatic nitrogens is 2. The molecule has 46 heavy (non-hydrogen) atoms. The molecule has 0 atom stereocenters. The van der Waals surface area contributed by atoms with Crippen LogP contribution in [0.2, 0.25) is 10.0 Å². The molecule has 0 spiro atoms. The number of fused-ring (bicyclic) bond motifs is 2. The Morgan fingerprint density at radius 2 is 1.13 bits per heavy atom. The van der Waals surface area contributed by atoms with E-state index in [1.54, 1.807) is 0 Å². The fourth-order valence-corrected chi connectivity index (χ4v) is 5.00. The van der Waals surface area contributed by atoms with Crippen molar-refractivity contribution >= 4 is 86.7 Å². The van der Waals surface area contributed by atoms with Gasteiger partial charge in [-0.15, -0.1) is 0 Å². The van der Waals surface area contributed by atoms with Crippen molar-refractivity contribution < 1.29 is 24.2 Å². The number of hydrogen-bond acceptors (Lipinski definition) is 7. The third kappa shape index (κ3) is 8.54. The van der Waals surface area contributed by atoms with Gasteiger partial charge in [0.1, 0.15) is 24.7 Å². The van der Waals surface area contributed by atoms with E-state index in [4.69, 9.17) is 42.6 Å². The van der Waals surface area contributed by atoms with Crippen molar-refractivity contribution in [3.8, 4) is 11.5 Å². The summed E-state index contributed by atoms with van der Waals surface area (Å²) in [6.07, 6.45) is 0.0256. The van der Waals surface area contributed by atoms with Gasteiger partial charge in [0.15, 0.2) is 12.3 Å². The number of carboxylic acids is 1. The number of ether oxygens (including phenoxy) is 2. The van der Waals surface area contributed by atoms with Gasteiger partial charge in [0.05, 0.1) is 22.4 Å². The van der Waals surface area contributed by atoms with Crippen molar-refractivity contribution in [2.24, 2.45) is 5.16 Å². The molecule has 0 saturated heterocycles. The van der Waals surface area contributed by atoms with Crippen LogP contribution in [0.15, 0.2) is 114 Å². The molecule has 8 nitrogen and oxygen atoms in total. The van der Waals surface area contributed by atoms with Crippen LogP contribution >= 0.6 is 23.2 Å². The van der Waals surface area contributed by atoms with Crippen molar-refractivity contribution in [2.75, 3.05) is 0 Å². The Hall–Kier alpha value is -4.18. The monoisotopic (exact) mass is 661 g/mol.